The second-order valence-corrected chi connectivity index (χ2v) is 6.66. The summed E-state index contributed by atoms with van der Waals surface area (Å²) >= 11 is 0. The molecule has 5 nitrogen and oxygen atoms in total. The normalized spacial score (nSPS) is 15.3. The molecule has 0 atom stereocenters. The van der Waals surface area contributed by atoms with E-state index in [0.29, 0.717) is 6.54 Å². The minimum Gasteiger partial charge on any atom is -0.361 e. The van der Waals surface area contributed by atoms with E-state index in [1.54, 1.807) is 0 Å². The van der Waals surface area contributed by atoms with Gasteiger partial charge in [-0.1, -0.05) is 49.3 Å². The van der Waals surface area contributed by atoms with Gasteiger partial charge in [0.2, 0.25) is 0 Å². The largest absolute Gasteiger partial charge is 0.361 e. The van der Waals surface area contributed by atoms with Crippen LogP contribution in [0.3, 0.4) is 0 Å². The van der Waals surface area contributed by atoms with Gasteiger partial charge in [0.15, 0.2) is 5.96 Å². The molecule has 3 rings (SSSR count). The van der Waals surface area contributed by atoms with Gasteiger partial charge in [0.25, 0.3) is 0 Å². The Labute approximate surface area is 173 Å². The number of aliphatic imine (C=N–C) groups is 1. The Morgan fingerprint density at radius 1 is 1.15 bits per heavy atom. The molecule has 2 N–H and O–H groups in total. The molecule has 0 bridgehead atoms. The Balaban J connectivity index is 0.00000243. The van der Waals surface area contributed by atoms with E-state index < -0.39 is 0 Å². The number of aryl methyl sites for hydroxylation is 2. The lowest BCUT2D eigenvalue weighted by Crippen LogP contribution is -2.41. The Kier molecular flexibility index (Phi) is 7.49. The molecule has 0 radical (unpaired) electrons. The summed E-state index contributed by atoms with van der Waals surface area (Å²) < 4.78 is 5.43. The molecule has 0 amide bonds. The fourth-order valence-corrected chi connectivity index (χ4v) is 3.29. The highest BCUT2D eigenvalue weighted by molar-refractivity contribution is 14.0. The molecular formula is C20H29IN4O. The first-order valence-electron chi connectivity index (χ1n) is 9.18. The molecular weight excluding hydrogens is 439 g/mol. The van der Waals surface area contributed by atoms with E-state index >= 15 is 0 Å². The average molecular weight is 468 g/mol. The predicted octanol–water partition coefficient (Wildman–Crippen LogP) is 3.81. The molecule has 1 saturated carbocycles. The van der Waals surface area contributed by atoms with Crippen molar-refractivity contribution in [3.8, 4) is 0 Å². The summed E-state index contributed by atoms with van der Waals surface area (Å²) in [6.07, 6.45) is 4.19. The molecule has 1 aromatic carbocycles. The van der Waals surface area contributed by atoms with Gasteiger partial charge in [0.1, 0.15) is 5.76 Å². The Bertz CT molecular complexity index is 701. The minimum absolute atomic E-state index is 0. The predicted molar refractivity (Wildman–Crippen MR) is 116 cm³/mol. The zero-order valence-electron chi connectivity index (χ0n) is 15.8. The second-order valence-electron chi connectivity index (χ2n) is 6.66. The zero-order chi connectivity index (χ0) is 17.7. The summed E-state index contributed by atoms with van der Waals surface area (Å²) in [6, 6.07) is 10.8. The topological polar surface area (TPSA) is 62.5 Å². The number of rotatable bonds is 7. The number of guanidine groups is 1. The van der Waals surface area contributed by atoms with Crippen LogP contribution in [0.1, 0.15) is 49.3 Å². The SMILES string of the molecule is CCc1noc(CC)c1CNC(=NC)NCC1(c2ccccc2)CC1.I. The molecule has 0 unspecified atom stereocenters. The lowest BCUT2D eigenvalue weighted by atomic mass is 9.96. The summed E-state index contributed by atoms with van der Waals surface area (Å²) in [6.45, 7) is 5.78. The minimum atomic E-state index is 0. The van der Waals surface area contributed by atoms with E-state index in [-0.39, 0.29) is 29.4 Å². The van der Waals surface area contributed by atoms with Crippen molar-refractivity contribution in [2.75, 3.05) is 13.6 Å². The molecule has 1 fully saturated rings. The van der Waals surface area contributed by atoms with Crippen molar-refractivity contribution >= 4 is 29.9 Å². The molecule has 1 aliphatic carbocycles. The van der Waals surface area contributed by atoms with Crippen LogP contribution < -0.4 is 10.6 Å². The van der Waals surface area contributed by atoms with Gasteiger partial charge in [-0.2, -0.15) is 0 Å². The smallest absolute Gasteiger partial charge is 0.191 e. The van der Waals surface area contributed by atoms with Crippen molar-refractivity contribution in [2.24, 2.45) is 4.99 Å². The van der Waals surface area contributed by atoms with Gasteiger partial charge in [-0.15, -0.1) is 24.0 Å². The molecule has 0 spiro atoms. The van der Waals surface area contributed by atoms with Crippen LogP contribution in [0, 0.1) is 0 Å². The van der Waals surface area contributed by atoms with Crippen LogP contribution in [0.25, 0.3) is 0 Å². The average Bonchev–Trinajstić information content (AvgIpc) is 3.35. The summed E-state index contributed by atoms with van der Waals surface area (Å²) in [5, 5.41) is 11.1. The maximum absolute atomic E-state index is 5.43. The zero-order valence-corrected chi connectivity index (χ0v) is 18.2. The summed E-state index contributed by atoms with van der Waals surface area (Å²) in [4.78, 5) is 4.37. The van der Waals surface area contributed by atoms with Gasteiger partial charge >= 0.3 is 0 Å². The van der Waals surface area contributed by atoms with E-state index in [2.05, 4.69) is 65.0 Å². The fourth-order valence-electron chi connectivity index (χ4n) is 3.29. The molecule has 2 aromatic rings. The lowest BCUT2D eigenvalue weighted by Gasteiger charge is -2.19. The molecule has 6 heteroatoms. The lowest BCUT2D eigenvalue weighted by molar-refractivity contribution is 0.380. The van der Waals surface area contributed by atoms with Gasteiger partial charge < -0.3 is 15.2 Å². The molecule has 1 aromatic heterocycles. The first-order chi connectivity index (χ1) is 12.2. The van der Waals surface area contributed by atoms with Gasteiger partial charge in [0, 0.05) is 37.5 Å². The third kappa shape index (κ3) is 4.58. The van der Waals surface area contributed by atoms with E-state index in [9.17, 15) is 0 Å². The van der Waals surface area contributed by atoms with E-state index in [1.165, 1.54) is 18.4 Å². The highest BCUT2D eigenvalue weighted by atomic mass is 127. The van der Waals surface area contributed by atoms with E-state index in [0.717, 1.165) is 42.4 Å². The molecule has 142 valence electrons. The number of nitrogens with one attached hydrogen (secondary N) is 2. The van der Waals surface area contributed by atoms with Gasteiger partial charge in [-0.25, -0.2) is 0 Å². The Morgan fingerprint density at radius 3 is 2.46 bits per heavy atom. The van der Waals surface area contributed by atoms with E-state index in [4.69, 9.17) is 4.52 Å². The van der Waals surface area contributed by atoms with Gasteiger partial charge in [-0.3, -0.25) is 4.99 Å². The van der Waals surface area contributed by atoms with Crippen molar-refractivity contribution in [2.45, 2.75) is 51.5 Å². The summed E-state index contributed by atoms with van der Waals surface area (Å²) in [5.74, 6) is 1.79. The van der Waals surface area contributed by atoms with E-state index in [1.807, 2.05) is 7.05 Å². The summed E-state index contributed by atoms with van der Waals surface area (Å²) in [5.41, 5.74) is 3.87. The number of nitrogens with zero attached hydrogens (tertiary/aromatic N) is 2. The number of benzene rings is 1. The van der Waals surface area contributed by atoms with Gasteiger partial charge in [-0.05, 0) is 24.8 Å². The first kappa shape index (κ1) is 20.7. The number of hydrogen-bond donors (Lipinski definition) is 2. The van der Waals surface area contributed by atoms with Crippen LogP contribution in [-0.4, -0.2) is 24.7 Å². The second kappa shape index (κ2) is 9.39. The Hall–Kier alpha value is -1.57. The molecule has 1 heterocycles. The standard InChI is InChI=1S/C20H28N4O.HI/c1-4-17-16(18(5-2)25-24-17)13-22-19(21-3)23-14-20(11-12-20)15-9-7-6-8-10-15;/h6-10H,4-5,11-14H2,1-3H3,(H2,21,22,23);1H. The maximum Gasteiger partial charge on any atom is 0.191 e. The van der Waals surface area contributed by atoms with Gasteiger partial charge in [0.05, 0.1) is 5.69 Å². The third-order valence-corrected chi connectivity index (χ3v) is 5.10. The number of halogens is 1. The monoisotopic (exact) mass is 468 g/mol. The molecule has 0 aliphatic heterocycles. The first-order valence-corrected chi connectivity index (χ1v) is 9.18. The maximum atomic E-state index is 5.43. The number of aromatic nitrogens is 1. The highest BCUT2D eigenvalue weighted by Crippen LogP contribution is 2.47. The van der Waals surface area contributed by atoms with Crippen LogP contribution >= 0.6 is 24.0 Å². The fraction of sp³-hybridized carbons (Fsp3) is 0.500. The van der Waals surface area contributed by atoms with Crippen molar-refractivity contribution in [1.82, 2.24) is 15.8 Å². The van der Waals surface area contributed by atoms with Crippen LogP contribution in [0.5, 0.6) is 0 Å². The number of hydrogen-bond acceptors (Lipinski definition) is 3. The van der Waals surface area contributed by atoms with Crippen molar-refractivity contribution in [3.63, 3.8) is 0 Å². The van der Waals surface area contributed by atoms with Crippen molar-refractivity contribution in [1.29, 1.82) is 0 Å². The van der Waals surface area contributed by atoms with Crippen LogP contribution in [-0.2, 0) is 24.8 Å². The van der Waals surface area contributed by atoms with Crippen LogP contribution in [0.15, 0.2) is 39.8 Å². The van der Waals surface area contributed by atoms with Crippen LogP contribution in [0.4, 0.5) is 0 Å². The Morgan fingerprint density at radius 2 is 1.88 bits per heavy atom. The van der Waals surface area contributed by atoms with Crippen molar-refractivity contribution < 1.29 is 4.52 Å². The molecule has 26 heavy (non-hydrogen) atoms. The molecule has 1 aliphatic rings. The highest BCUT2D eigenvalue weighted by Gasteiger charge is 2.43. The molecule has 0 saturated heterocycles. The quantitative estimate of drug-likeness (QED) is 0.369. The van der Waals surface area contributed by atoms with Crippen molar-refractivity contribution in [3.05, 3.63) is 52.9 Å². The summed E-state index contributed by atoms with van der Waals surface area (Å²) in [7, 11) is 1.81. The third-order valence-electron chi connectivity index (χ3n) is 5.10. The van der Waals surface area contributed by atoms with Crippen LogP contribution in [0.2, 0.25) is 0 Å².